The molecule has 0 bridgehead atoms. The molecule has 92 valence electrons. The van der Waals surface area contributed by atoms with Crippen molar-refractivity contribution in [2.24, 2.45) is 5.41 Å². The molecule has 0 nitrogen and oxygen atoms in total. The summed E-state index contributed by atoms with van der Waals surface area (Å²) < 4.78 is 0. The van der Waals surface area contributed by atoms with Gasteiger partial charge in [0.2, 0.25) is 0 Å². The highest BCUT2D eigenvalue weighted by Crippen LogP contribution is 2.57. The fourth-order valence-electron chi connectivity index (χ4n) is 3.59. The van der Waals surface area contributed by atoms with Gasteiger partial charge in [-0.2, -0.15) is 0 Å². The first-order valence-corrected chi connectivity index (χ1v) is 6.79. The SMILES string of the molecule is CC=C1CC2(CC1=CC)CC(=CC)C(=CC)C2. The first kappa shape index (κ1) is 12.4. The van der Waals surface area contributed by atoms with Gasteiger partial charge in [0.05, 0.1) is 0 Å². The van der Waals surface area contributed by atoms with Gasteiger partial charge in [0.1, 0.15) is 0 Å². The van der Waals surface area contributed by atoms with Crippen molar-refractivity contribution >= 4 is 0 Å². The van der Waals surface area contributed by atoms with Gasteiger partial charge >= 0.3 is 0 Å². The summed E-state index contributed by atoms with van der Waals surface area (Å²) in [5.74, 6) is 0. The zero-order valence-electron chi connectivity index (χ0n) is 11.6. The average Bonchev–Trinajstić information content (AvgIpc) is 2.89. The van der Waals surface area contributed by atoms with E-state index in [1.54, 1.807) is 22.3 Å². The Morgan fingerprint density at radius 1 is 0.588 bits per heavy atom. The zero-order valence-corrected chi connectivity index (χ0v) is 11.6. The molecular weight excluding hydrogens is 204 g/mol. The molecule has 0 N–H and O–H groups in total. The lowest BCUT2D eigenvalue weighted by Gasteiger charge is -2.20. The van der Waals surface area contributed by atoms with Crippen LogP contribution < -0.4 is 0 Å². The molecule has 0 aliphatic heterocycles. The fraction of sp³-hybridized carbons (Fsp3) is 0.529. The van der Waals surface area contributed by atoms with Gasteiger partial charge in [-0.1, -0.05) is 24.3 Å². The third kappa shape index (κ3) is 2.06. The second kappa shape index (κ2) is 4.68. The second-order valence-electron chi connectivity index (χ2n) is 5.46. The van der Waals surface area contributed by atoms with Gasteiger partial charge in [-0.15, -0.1) is 0 Å². The molecule has 0 saturated heterocycles. The summed E-state index contributed by atoms with van der Waals surface area (Å²) in [5.41, 5.74) is 6.84. The summed E-state index contributed by atoms with van der Waals surface area (Å²) in [5, 5.41) is 0. The Bertz CT molecular complexity index is 341. The average molecular weight is 228 g/mol. The molecule has 2 rings (SSSR count). The van der Waals surface area contributed by atoms with E-state index in [9.17, 15) is 0 Å². The van der Waals surface area contributed by atoms with Crippen LogP contribution in [0.15, 0.2) is 46.6 Å². The Morgan fingerprint density at radius 2 is 0.824 bits per heavy atom. The van der Waals surface area contributed by atoms with Crippen LogP contribution in [0.2, 0.25) is 0 Å². The molecule has 2 aliphatic carbocycles. The molecule has 0 heteroatoms. The van der Waals surface area contributed by atoms with Crippen molar-refractivity contribution in [2.75, 3.05) is 0 Å². The predicted octanol–water partition coefficient (Wildman–Crippen LogP) is 5.35. The molecule has 0 aromatic carbocycles. The first-order valence-electron chi connectivity index (χ1n) is 6.79. The number of hydrogen-bond donors (Lipinski definition) is 0. The Hall–Kier alpha value is -1.04. The molecule has 0 aromatic rings. The fourth-order valence-corrected chi connectivity index (χ4v) is 3.59. The lowest BCUT2D eigenvalue weighted by Crippen LogP contribution is -2.10. The Morgan fingerprint density at radius 3 is 1.00 bits per heavy atom. The van der Waals surface area contributed by atoms with Crippen molar-refractivity contribution < 1.29 is 0 Å². The number of rotatable bonds is 0. The first-order chi connectivity index (χ1) is 8.18. The minimum absolute atomic E-state index is 0.507. The molecule has 2 saturated carbocycles. The van der Waals surface area contributed by atoms with Gasteiger partial charge < -0.3 is 0 Å². The summed E-state index contributed by atoms with van der Waals surface area (Å²) in [6, 6.07) is 0. The highest BCUT2D eigenvalue weighted by molar-refractivity contribution is 5.46. The van der Waals surface area contributed by atoms with E-state index < -0.39 is 0 Å². The van der Waals surface area contributed by atoms with Crippen LogP contribution in [0, 0.1) is 5.41 Å². The molecule has 0 atom stereocenters. The van der Waals surface area contributed by atoms with Crippen molar-refractivity contribution in [3.8, 4) is 0 Å². The van der Waals surface area contributed by atoms with Gasteiger partial charge in [-0.25, -0.2) is 0 Å². The molecule has 0 aromatic heterocycles. The normalized spacial score (nSPS) is 38.4. The largest absolute Gasteiger partial charge is 0.0842 e. The third-order valence-corrected chi connectivity index (χ3v) is 4.48. The minimum Gasteiger partial charge on any atom is -0.0842 e. The van der Waals surface area contributed by atoms with Crippen molar-refractivity contribution in [1.82, 2.24) is 0 Å². The van der Waals surface area contributed by atoms with Crippen LogP contribution in [0.3, 0.4) is 0 Å². The number of allylic oxidation sites excluding steroid dienone is 8. The van der Waals surface area contributed by atoms with Gasteiger partial charge in [0.15, 0.2) is 0 Å². The lowest BCUT2D eigenvalue weighted by molar-refractivity contribution is 0.342. The topological polar surface area (TPSA) is 0 Å². The molecule has 0 amide bonds. The zero-order chi connectivity index (χ0) is 12.5. The number of hydrogen-bond acceptors (Lipinski definition) is 0. The predicted molar refractivity (Wildman–Crippen MR) is 75.9 cm³/mol. The highest BCUT2D eigenvalue weighted by atomic mass is 14.5. The standard InChI is InChI=1S/C17H24/c1-5-13-9-17(10-14(13)6-2)11-15(7-3)16(8-4)12-17/h5-8H,9-12H2,1-4H3. The van der Waals surface area contributed by atoms with Crippen molar-refractivity contribution in [1.29, 1.82) is 0 Å². The van der Waals surface area contributed by atoms with E-state index in [-0.39, 0.29) is 0 Å². The third-order valence-electron chi connectivity index (χ3n) is 4.48. The Labute approximate surface area is 106 Å². The maximum atomic E-state index is 2.31. The van der Waals surface area contributed by atoms with Gasteiger partial charge in [0.25, 0.3) is 0 Å². The quantitative estimate of drug-likeness (QED) is 0.524. The molecule has 0 unspecified atom stereocenters. The van der Waals surface area contributed by atoms with Crippen LogP contribution in [-0.2, 0) is 0 Å². The smallest absolute Gasteiger partial charge is 0.0136 e. The van der Waals surface area contributed by atoms with Crippen molar-refractivity contribution in [3.05, 3.63) is 46.6 Å². The van der Waals surface area contributed by atoms with E-state index >= 15 is 0 Å². The van der Waals surface area contributed by atoms with Gasteiger partial charge in [-0.05, 0) is 81.1 Å². The maximum absolute atomic E-state index is 2.31. The second-order valence-corrected chi connectivity index (χ2v) is 5.46. The molecule has 0 heterocycles. The molecule has 1 spiro atoms. The van der Waals surface area contributed by atoms with Crippen LogP contribution in [0.25, 0.3) is 0 Å². The lowest BCUT2D eigenvalue weighted by atomic mass is 9.83. The Kier molecular flexibility index (Phi) is 3.42. The van der Waals surface area contributed by atoms with Crippen molar-refractivity contribution in [3.63, 3.8) is 0 Å². The molecular formula is C17H24. The van der Waals surface area contributed by atoms with Crippen LogP contribution in [0.1, 0.15) is 53.4 Å². The highest BCUT2D eigenvalue weighted by Gasteiger charge is 2.43. The summed E-state index contributed by atoms with van der Waals surface area (Å²) in [4.78, 5) is 0. The summed E-state index contributed by atoms with van der Waals surface area (Å²) in [6.45, 7) is 8.72. The van der Waals surface area contributed by atoms with Crippen molar-refractivity contribution in [2.45, 2.75) is 53.4 Å². The molecule has 2 fully saturated rings. The van der Waals surface area contributed by atoms with Crippen LogP contribution in [-0.4, -0.2) is 0 Å². The van der Waals surface area contributed by atoms with Crippen LogP contribution >= 0.6 is 0 Å². The maximum Gasteiger partial charge on any atom is -0.0136 e. The summed E-state index contributed by atoms with van der Waals surface area (Å²) in [7, 11) is 0. The van der Waals surface area contributed by atoms with E-state index in [1.807, 2.05) is 0 Å². The molecule has 2 aliphatic rings. The van der Waals surface area contributed by atoms with Gasteiger partial charge in [-0.3, -0.25) is 0 Å². The van der Waals surface area contributed by atoms with E-state index in [4.69, 9.17) is 0 Å². The molecule has 17 heavy (non-hydrogen) atoms. The minimum atomic E-state index is 0.507. The summed E-state index contributed by atoms with van der Waals surface area (Å²) in [6.07, 6.45) is 14.4. The van der Waals surface area contributed by atoms with E-state index in [0.29, 0.717) is 5.41 Å². The van der Waals surface area contributed by atoms with E-state index in [2.05, 4.69) is 52.0 Å². The van der Waals surface area contributed by atoms with Crippen LogP contribution in [0.5, 0.6) is 0 Å². The summed E-state index contributed by atoms with van der Waals surface area (Å²) >= 11 is 0. The van der Waals surface area contributed by atoms with E-state index in [1.165, 1.54) is 25.7 Å². The molecule has 0 radical (unpaired) electrons. The Balaban J connectivity index is 2.32. The van der Waals surface area contributed by atoms with Gasteiger partial charge in [0, 0.05) is 0 Å². The van der Waals surface area contributed by atoms with E-state index in [0.717, 1.165) is 0 Å². The monoisotopic (exact) mass is 228 g/mol. The van der Waals surface area contributed by atoms with Crippen LogP contribution in [0.4, 0.5) is 0 Å².